The summed E-state index contributed by atoms with van der Waals surface area (Å²) in [6.45, 7) is 5.81. The van der Waals surface area contributed by atoms with Crippen molar-refractivity contribution < 1.29 is 14.7 Å². The molecule has 1 aromatic heterocycles. The van der Waals surface area contributed by atoms with E-state index >= 15 is 0 Å². The number of carboxylic acids is 1. The minimum Gasteiger partial charge on any atom is -0.480 e. The molecule has 0 fully saturated rings. The first-order chi connectivity index (χ1) is 9.81. The lowest BCUT2D eigenvalue weighted by atomic mass is 10.0. The van der Waals surface area contributed by atoms with Gasteiger partial charge in [0.15, 0.2) is 0 Å². The maximum Gasteiger partial charge on any atom is 0.326 e. The smallest absolute Gasteiger partial charge is 0.326 e. The molecule has 2 N–H and O–H groups in total. The summed E-state index contributed by atoms with van der Waals surface area (Å²) in [6, 6.07) is 2.36. The average Bonchev–Trinajstić information content (AvgIpc) is 2.39. The number of pyridine rings is 1. The van der Waals surface area contributed by atoms with Crippen molar-refractivity contribution in [1.29, 1.82) is 0 Å². The predicted molar refractivity (Wildman–Crippen MR) is 79.1 cm³/mol. The fourth-order valence-corrected chi connectivity index (χ4v) is 1.99. The van der Waals surface area contributed by atoms with Gasteiger partial charge in [-0.3, -0.25) is 9.59 Å². The molecule has 1 rings (SSSR count). The van der Waals surface area contributed by atoms with Crippen molar-refractivity contribution in [2.75, 3.05) is 0 Å². The third-order valence-corrected chi connectivity index (χ3v) is 3.18. The van der Waals surface area contributed by atoms with Crippen LogP contribution in [0.4, 0.5) is 0 Å². The second-order valence-electron chi connectivity index (χ2n) is 5.47. The lowest BCUT2D eigenvalue weighted by molar-refractivity contribution is -0.143. The predicted octanol–water partition coefficient (Wildman–Crippen LogP) is 1.16. The van der Waals surface area contributed by atoms with Crippen LogP contribution >= 0.6 is 0 Å². The number of nitrogens with one attached hydrogen (secondary N) is 1. The molecule has 116 valence electrons. The number of hydrogen-bond acceptors (Lipinski definition) is 3. The number of aromatic nitrogens is 1. The summed E-state index contributed by atoms with van der Waals surface area (Å²) in [5.74, 6) is -1.52. The molecule has 1 amide bonds. The van der Waals surface area contributed by atoms with E-state index in [1.165, 1.54) is 6.07 Å². The van der Waals surface area contributed by atoms with E-state index in [2.05, 4.69) is 5.32 Å². The van der Waals surface area contributed by atoms with Gasteiger partial charge in [-0.25, -0.2) is 4.79 Å². The van der Waals surface area contributed by atoms with Gasteiger partial charge in [-0.2, -0.15) is 0 Å². The monoisotopic (exact) mass is 294 g/mol. The van der Waals surface area contributed by atoms with E-state index in [9.17, 15) is 14.4 Å². The molecule has 0 aliphatic heterocycles. The number of carbonyl (C=O) groups excluding carboxylic acids is 1. The molecule has 1 atom stereocenters. The molecule has 0 spiro atoms. The Morgan fingerprint density at radius 1 is 1.33 bits per heavy atom. The van der Waals surface area contributed by atoms with E-state index in [1.807, 2.05) is 6.92 Å². The molecule has 6 heteroatoms. The van der Waals surface area contributed by atoms with Crippen LogP contribution < -0.4 is 10.9 Å². The zero-order chi connectivity index (χ0) is 16.0. The molecule has 0 saturated heterocycles. The summed E-state index contributed by atoms with van der Waals surface area (Å²) < 4.78 is 1.56. The number of nitrogens with zero attached hydrogens (tertiary/aromatic N) is 1. The van der Waals surface area contributed by atoms with E-state index in [0.29, 0.717) is 13.0 Å². The van der Waals surface area contributed by atoms with E-state index in [-0.39, 0.29) is 23.8 Å². The lowest BCUT2D eigenvalue weighted by Crippen LogP contribution is -2.44. The minimum absolute atomic E-state index is 0.105. The Kier molecular flexibility index (Phi) is 6.14. The number of aryl methyl sites for hydroxylation is 2. The fourth-order valence-electron chi connectivity index (χ4n) is 1.99. The van der Waals surface area contributed by atoms with E-state index < -0.39 is 12.0 Å². The van der Waals surface area contributed by atoms with Crippen molar-refractivity contribution in [3.63, 3.8) is 0 Å². The standard InChI is InChI=1S/C15H22N2O4/c1-10(2)14(15(20)21)16-12(18)5-4-8-17-9-11(3)6-7-13(17)19/h6-7,9-10,14H,4-5,8H2,1-3H3,(H,16,18)(H,20,21). The van der Waals surface area contributed by atoms with Crippen LogP contribution in [0, 0.1) is 12.8 Å². The van der Waals surface area contributed by atoms with Crippen LogP contribution in [0.25, 0.3) is 0 Å². The highest BCUT2D eigenvalue weighted by molar-refractivity contribution is 5.83. The number of hydrogen-bond donors (Lipinski definition) is 2. The van der Waals surface area contributed by atoms with Crippen LogP contribution in [-0.2, 0) is 16.1 Å². The highest BCUT2D eigenvalue weighted by Crippen LogP contribution is 2.03. The summed E-state index contributed by atoms with van der Waals surface area (Å²) in [4.78, 5) is 34.3. The zero-order valence-corrected chi connectivity index (χ0v) is 12.6. The molecule has 1 aromatic rings. The number of carboxylic acid groups (broad SMARTS) is 1. The third kappa shape index (κ3) is 5.41. The largest absolute Gasteiger partial charge is 0.480 e. The van der Waals surface area contributed by atoms with Crippen LogP contribution in [0.5, 0.6) is 0 Å². The Labute approximate surface area is 123 Å². The van der Waals surface area contributed by atoms with Gasteiger partial charge in [0.25, 0.3) is 5.56 Å². The van der Waals surface area contributed by atoms with Gasteiger partial charge in [0.05, 0.1) is 0 Å². The molecule has 0 aliphatic rings. The maximum atomic E-state index is 11.7. The highest BCUT2D eigenvalue weighted by Gasteiger charge is 2.22. The fraction of sp³-hybridized carbons (Fsp3) is 0.533. The van der Waals surface area contributed by atoms with Crippen LogP contribution in [0.2, 0.25) is 0 Å². The average molecular weight is 294 g/mol. The summed E-state index contributed by atoms with van der Waals surface area (Å²) in [6.07, 6.45) is 2.42. The minimum atomic E-state index is -1.03. The van der Waals surface area contributed by atoms with Gasteiger partial charge in [0.2, 0.25) is 5.91 Å². The Hall–Kier alpha value is -2.11. The zero-order valence-electron chi connectivity index (χ0n) is 12.6. The van der Waals surface area contributed by atoms with Crippen molar-refractivity contribution in [2.24, 2.45) is 5.92 Å². The molecule has 0 bridgehead atoms. The molecule has 0 aromatic carbocycles. The number of aliphatic carboxylic acids is 1. The van der Waals surface area contributed by atoms with Crippen LogP contribution in [0.15, 0.2) is 23.1 Å². The Morgan fingerprint density at radius 3 is 2.57 bits per heavy atom. The molecule has 21 heavy (non-hydrogen) atoms. The third-order valence-electron chi connectivity index (χ3n) is 3.18. The van der Waals surface area contributed by atoms with Gasteiger partial charge in [-0.1, -0.05) is 19.9 Å². The molecule has 0 radical (unpaired) electrons. The SMILES string of the molecule is Cc1ccc(=O)n(CCCC(=O)NC(C(=O)O)C(C)C)c1. The lowest BCUT2D eigenvalue weighted by Gasteiger charge is -2.17. The quantitative estimate of drug-likeness (QED) is 0.790. The van der Waals surface area contributed by atoms with Gasteiger partial charge < -0.3 is 15.0 Å². The number of carbonyl (C=O) groups is 2. The summed E-state index contributed by atoms with van der Waals surface area (Å²) in [5, 5.41) is 11.5. The van der Waals surface area contributed by atoms with Gasteiger partial charge in [-0.05, 0) is 24.8 Å². The van der Waals surface area contributed by atoms with E-state index in [1.54, 1.807) is 30.7 Å². The van der Waals surface area contributed by atoms with Crippen LogP contribution in [0.3, 0.4) is 0 Å². The molecule has 0 saturated carbocycles. The highest BCUT2D eigenvalue weighted by atomic mass is 16.4. The van der Waals surface area contributed by atoms with Crippen molar-refractivity contribution >= 4 is 11.9 Å². The summed E-state index contributed by atoms with van der Waals surface area (Å²) in [7, 11) is 0. The second-order valence-corrected chi connectivity index (χ2v) is 5.47. The van der Waals surface area contributed by atoms with Crippen LogP contribution in [-0.4, -0.2) is 27.6 Å². The van der Waals surface area contributed by atoms with Crippen molar-refractivity contribution in [3.05, 3.63) is 34.2 Å². The first kappa shape index (κ1) is 16.9. The second kappa shape index (κ2) is 7.61. The summed E-state index contributed by atoms with van der Waals surface area (Å²) >= 11 is 0. The molecule has 1 heterocycles. The van der Waals surface area contributed by atoms with Gasteiger partial charge in [-0.15, -0.1) is 0 Å². The maximum absolute atomic E-state index is 11.7. The molecular weight excluding hydrogens is 272 g/mol. The van der Waals surface area contributed by atoms with Gasteiger partial charge >= 0.3 is 5.97 Å². The number of amides is 1. The van der Waals surface area contributed by atoms with Gasteiger partial charge in [0, 0.05) is 25.2 Å². The number of rotatable bonds is 7. The molecule has 0 aliphatic carbocycles. The Morgan fingerprint density at radius 2 is 2.00 bits per heavy atom. The van der Waals surface area contributed by atoms with Crippen molar-refractivity contribution in [2.45, 2.75) is 46.2 Å². The van der Waals surface area contributed by atoms with Crippen molar-refractivity contribution in [1.82, 2.24) is 9.88 Å². The Balaban J connectivity index is 2.48. The van der Waals surface area contributed by atoms with Gasteiger partial charge in [0.1, 0.15) is 6.04 Å². The van der Waals surface area contributed by atoms with E-state index in [0.717, 1.165) is 5.56 Å². The molecular formula is C15H22N2O4. The topological polar surface area (TPSA) is 88.4 Å². The normalized spacial score (nSPS) is 12.2. The first-order valence-electron chi connectivity index (χ1n) is 7.00. The summed E-state index contributed by atoms with van der Waals surface area (Å²) in [5.41, 5.74) is 0.872. The van der Waals surface area contributed by atoms with Crippen molar-refractivity contribution in [3.8, 4) is 0 Å². The van der Waals surface area contributed by atoms with E-state index in [4.69, 9.17) is 5.11 Å². The van der Waals surface area contributed by atoms with Crippen LogP contribution in [0.1, 0.15) is 32.3 Å². The molecule has 1 unspecified atom stereocenters. The molecule has 6 nitrogen and oxygen atoms in total. The Bertz CT molecular complexity index is 563. The first-order valence-corrected chi connectivity index (χ1v) is 7.00.